The summed E-state index contributed by atoms with van der Waals surface area (Å²) < 4.78 is 11.5. The molecule has 0 bridgehead atoms. The van der Waals surface area contributed by atoms with Crippen molar-refractivity contribution in [2.45, 2.75) is 6.92 Å². The molecule has 0 saturated heterocycles. The molecule has 0 N–H and O–H groups in total. The molecule has 0 heterocycles. The monoisotopic (exact) mass is 320 g/mol. The highest BCUT2D eigenvalue weighted by Crippen LogP contribution is 2.25. The van der Waals surface area contributed by atoms with Crippen LogP contribution >= 0.6 is 15.9 Å². The predicted octanol–water partition coefficient (Wildman–Crippen LogP) is 3.99. The number of carbonyl (C=O) groups is 1. The minimum absolute atomic E-state index is 0.410. The van der Waals surface area contributed by atoms with Crippen molar-refractivity contribution in [2.75, 3.05) is 7.11 Å². The van der Waals surface area contributed by atoms with E-state index in [9.17, 15) is 4.79 Å². The fourth-order valence-electron chi connectivity index (χ4n) is 1.70. The Bertz CT molecular complexity index is 608. The van der Waals surface area contributed by atoms with E-state index in [1.165, 1.54) is 7.11 Å². The second kappa shape index (κ2) is 5.89. The number of rotatable bonds is 3. The van der Waals surface area contributed by atoms with E-state index in [0.717, 1.165) is 10.0 Å². The van der Waals surface area contributed by atoms with E-state index in [0.29, 0.717) is 17.1 Å². The van der Waals surface area contributed by atoms with E-state index in [1.807, 2.05) is 19.1 Å². The predicted molar refractivity (Wildman–Crippen MR) is 76.8 cm³/mol. The molecule has 2 aromatic rings. The largest absolute Gasteiger partial charge is 0.496 e. The van der Waals surface area contributed by atoms with E-state index in [1.54, 1.807) is 30.3 Å². The number of ether oxygens (including phenoxy) is 2. The van der Waals surface area contributed by atoms with Gasteiger partial charge in [0.1, 0.15) is 17.1 Å². The Labute approximate surface area is 120 Å². The molecule has 4 heteroatoms. The van der Waals surface area contributed by atoms with Gasteiger partial charge < -0.3 is 9.47 Å². The van der Waals surface area contributed by atoms with Gasteiger partial charge in [-0.2, -0.15) is 0 Å². The molecular formula is C15H13BrO3. The molecule has 0 amide bonds. The van der Waals surface area contributed by atoms with Crippen LogP contribution in [0.1, 0.15) is 15.9 Å². The molecule has 3 nitrogen and oxygen atoms in total. The highest BCUT2D eigenvalue weighted by atomic mass is 79.9. The third kappa shape index (κ3) is 3.15. The van der Waals surface area contributed by atoms with Crippen LogP contribution in [-0.4, -0.2) is 13.1 Å². The van der Waals surface area contributed by atoms with Crippen molar-refractivity contribution in [3.8, 4) is 11.5 Å². The summed E-state index contributed by atoms with van der Waals surface area (Å²) in [7, 11) is 1.52. The van der Waals surface area contributed by atoms with Gasteiger partial charge in [0.25, 0.3) is 0 Å². The van der Waals surface area contributed by atoms with Crippen LogP contribution < -0.4 is 9.47 Å². The molecule has 0 fully saturated rings. The van der Waals surface area contributed by atoms with E-state index >= 15 is 0 Å². The molecule has 0 saturated carbocycles. The lowest BCUT2D eigenvalue weighted by molar-refractivity contribution is 0.0730. The first kappa shape index (κ1) is 13.6. The molecule has 0 aliphatic rings. The number of aryl methyl sites for hydroxylation is 1. The third-order valence-electron chi connectivity index (χ3n) is 2.67. The summed E-state index contributed by atoms with van der Waals surface area (Å²) in [6.45, 7) is 1.88. The molecule has 0 radical (unpaired) electrons. The maximum atomic E-state index is 12.1. The van der Waals surface area contributed by atoms with Gasteiger partial charge in [-0.25, -0.2) is 4.79 Å². The summed E-state index contributed by atoms with van der Waals surface area (Å²) in [5.41, 5.74) is 1.30. The van der Waals surface area contributed by atoms with Gasteiger partial charge in [0.2, 0.25) is 0 Å². The Hall–Kier alpha value is -1.81. The minimum Gasteiger partial charge on any atom is -0.496 e. The molecule has 0 aliphatic carbocycles. The summed E-state index contributed by atoms with van der Waals surface area (Å²) in [6, 6.07) is 12.5. The van der Waals surface area contributed by atoms with Gasteiger partial charge in [-0.3, -0.25) is 0 Å². The Morgan fingerprint density at radius 2 is 1.84 bits per heavy atom. The summed E-state index contributed by atoms with van der Waals surface area (Å²) >= 11 is 3.37. The average Bonchev–Trinajstić information content (AvgIpc) is 2.41. The molecule has 0 aromatic heterocycles. The van der Waals surface area contributed by atoms with Crippen molar-refractivity contribution < 1.29 is 14.3 Å². The van der Waals surface area contributed by atoms with Crippen molar-refractivity contribution in [1.29, 1.82) is 0 Å². The summed E-state index contributed by atoms with van der Waals surface area (Å²) in [5, 5.41) is 0. The number of hydrogen-bond donors (Lipinski definition) is 0. The molecule has 19 heavy (non-hydrogen) atoms. The quantitative estimate of drug-likeness (QED) is 0.633. The molecular weight excluding hydrogens is 308 g/mol. The van der Waals surface area contributed by atoms with Crippen LogP contribution in [0.4, 0.5) is 0 Å². The van der Waals surface area contributed by atoms with E-state index < -0.39 is 5.97 Å². The van der Waals surface area contributed by atoms with Gasteiger partial charge in [0.05, 0.1) is 7.11 Å². The summed E-state index contributed by atoms with van der Waals surface area (Å²) in [6.07, 6.45) is 0. The van der Waals surface area contributed by atoms with E-state index in [4.69, 9.17) is 9.47 Å². The number of carbonyl (C=O) groups excluding carboxylic acids is 1. The SMILES string of the molecule is COc1ccccc1C(=O)Oc1ccc(Br)cc1C. The second-order valence-corrected chi connectivity index (χ2v) is 4.92. The van der Waals surface area contributed by atoms with Crippen molar-refractivity contribution in [2.24, 2.45) is 0 Å². The van der Waals surface area contributed by atoms with Crippen molar-refractivity contribution >= 4 is 21.9 Å². The maximum absolute atomic E-state index is 12.1. The minimum atomic E-state index is -0.428. The van der Waals surface area contributed by atoms with Crippen molar-refractivity contribution in [3.63, 3.8) is 0 Å². The van der Waals surface area contributed by atoms with Gasteiger partial charge in [-0.15, -0.1) is 0 Å². The standard InChI is InChI=1S/C15H13BrO3/c1-10-9-11(16)7-8-13(10)19-15(17)12-5-3-4-6-14(12)18-2/h3-9H,1-2H3. The number of methoxy groups -OCH3 is 1. The number of hydrogen-bond acceptors (Lipinski definition) is 3. The first-order chi connectivity index (χ1) is 9.11. The number of para-hydroxylation sites is 1. The lowest BCUT2D eigenvalue weighted by Gasteiger charge is -2.10. The molecule has 0 aliphatic heterocycles. The molecule has 0 spiro atoms. The zero-order valence-corrected chi connectivity index (χ0v) is 12.2. The highest BCUT2D eigenvalue weighted by Gasteiger charge is 2.14. The number of benzene rings is 2. The van der Waals surface area contributed by atoms with Gasteiger partial charge in [0.15, 0.2) is 0 Å². The third-order valence-corrected chi connectivity index (χ3v) is 3.16. The lowest BCUT2D eigenvalue weighted by atomic mass is 10.2. The molecule has 0 atom stereocenters. The van der Waals surface area contributed by atoms with Gasteiger partial charge in [-0.05, 0) is 42.8 Å². The maximum Gasteiger partial charge on any atom is 0.347 e. The molecule has 0 unspecified atom stereocenters. The van der Waals surface area contributed by atoms with Gasteiger partial charge >= 0.3 is 5.97 Å². The van der Waals surface area contributed by atoms with Gasteiger partial charge in [0, 0.05) is 4.47 Å². The average molecular weight is 321 g/mol. The van der Waals surface area contributed by atoms with Crippen LogP contribution in [0.2, 0.25) is 0 Å². The Balaban J connectivity index is 2.26. The van der Waals surface area contributed by atoms with Crippen LogP contribution in [0, 0.1) is 6.92 Å². The van der Waals surface area contributed by atoms with Crippen molar-refractivity contribution in [1.82, 2.24) is 0 Å². The fourth-order valence-corrected chi connectivity index (χ4v) is 2.17. The number of esters is 1. The Morgan fingerprint density at radius 1 is 1.11 bits per heavy atom. The Morgan fingerprint density at radius 3 is 2.53 bits per heavy atom. The molecule has 98 valence electrons. The van der Waals surface area contributed by atoms with E-state index in [2.05, 4.69) is 15.9 Å². The van der Waals surface area contributed by atoms with Crippen molar-refractivity contribution in [3.05, 3.63) is 58.1 Å². The zero-order valence-electron chi connectivity index (χ0n) is 10.6. The lowest BCUT2D eigenvalue weighted by Crippen LogP contribution is -2.10. The summed E-state index contributed by atoms with van der Waals surface area (Å²) in [5.74, 6) is 0.615. The molecule has 2 aromatic carbocycles. The normalized spacial score (nSPS) is 10.1. The van der Waals surface area contributed by atoms with Crippen LogP contribution in [0.3, 0.4) is 0 Å². The smallest absolute Gasteiger partial charge is 0.347 e. The number of halogens is 1. The van der Waals surface area contributed by atoms with Crippen LogP contribution in [-0.2, 0) is 0 Å². The van der Waals surface area contributed by atoms with Crippen LogP contribution in [0.15, 0.2) is 46.9 Å². The first-order valence-corrected chi connectivity index (χ1v) is 6.52. The zero-order chi connectivity index (χ0) is 13.8. The van der Waals surface area contributed by atoms with E-state index in [-0.39, 0.29) is 0 Å². The summed E-state index contributed by atoms with van der Waals surface area (Å²) in [4.78, 5) is 12.1. The Kier molecular flexibility index (Phi) is 4.22. The van der Waals surface area contributed by atoms with Crippen LogP contribution in [0.5, 0.6) is 11.5 Å². The molecule has 2 rings (SSSR count). The highest BCUT2D eigenvalue weighted by molar-refractivity contribution is 9.10. The topological polar surface area (TPSA) is 35.5 Å². The fraction of sp³-hybridized carbons (Fsp3) is 0.133. The van der Waals surface area contributed by atoms with Gasteiger partial charge in [-0.1, -0.05) is 28.1 Å². The van der Waals surface area contributed by atoms with Crippen LogP contribution in [0.25, 0.3) is 0 Å². The second-order valence-electron chi connectivity index (χ2n) is 4.00. The first-order valence-electron chi connectivity index (χ1n) is 5.73.